The van der Waals surface area contributed by atoms with Crippen LogP contribution in [0.4, 0.5) is 0 Å². The van der Waals surface area contributed by atoms with Crippen LogP contribution in [0.2, 0.25) is 0 Å². The molecule has 3 heterocycles. The monoisotopic (exact) mass is 523 g/mol. The van der Waals surface area contributed by atoms with Crippen molar-refractivity contribution in [3.63, 3.8) is 0 Å². The SMILES string of the molecule is Cc1nccn1CCC(=O)N1CCOc2ccc(-c3cccnc3)cc2Cc2cccc(c2)C(=O)N(C)CC1. The molecule has 2 bridgehead atoms. The van der Waals surface area contributed by atoms with Crippen molar-refractivity contribution in [2.45, 2.75) is 26.3 Å². The van der Waals surface area contributed by atoms with Crippen LogP contribution in [-0.4, -0.2) is 69.4 Å². The zero-order chi connectivity index (χ0) is 27.2. The maximum atomic E-state index is 13.2. The minimum Gasteiger partial charge on any atom is -0.491 e. The van der Waals surface area contributed by atoms with Gasteiger partial charge in [0.25, 0.3) is 5.91 Å². The molecule has 1 aliphatic heterocycles. The Labute approximate surface area is 228 Å². The van der Waals surface area contributed by atoms with Gasteiger partial charge in [-0.2, -0.15) is 0 Å². The Balaban J connectivity index is 1.42. The van der Waals surface area contributed by atoms with Crippen molar-refractivity contribution in [1.29, 1.82) is 0 Å². The lowest BCUT2D eigenvalue weighted by atomic mass is 9.98. The fourth-order valence-corrected chi connectivity index (χ4v) is 4.84. The number of amides is 2. The summed E-state index contributed by atoms with van der Waals surface area (Å²) in [5, 5.41) is 0. The van der Waals surface area contributed by atoms with E-state index < -0.39 is 0 Å². The third kappa shape index (κ3) is 6.34. The molecule has 39 heavy (non-hydrogen) atoms. The van der Waals surface area contributed by atoms with Crippen molar-refractivity contribution in [3.8, 4) is 16.9 Å². The fraction of sp³-hybridized carbons (Fsp3) is 0.290. The highest BCUT2D eigenvalue weighted by atomic mass is 16.5. The number of hydrogen-bond acceptors (Lipinski definition) is 5. The average Bonchev–Trinajstić information content (AvgIpc) is 3.38. The molecule has 2 aromatic carbocycles. The third-order valence-electron chi connectivity index (χ3n) is 7.14. The normalized spacial score (nSPS) is 14.4. The van der Waals surface area contributed by atoms with Crippen LogP contribution in [0.5, 0.6) is 5.75 Å². The van der Waals surface area contributed by atoms with E-state index in [1.54, 1.807) is 29.2 Å². The number of benzene rings is 2. The number of pyridine rings is 1. The van der Waals surface area contributed by atoms with E-state index >= 15 is 0 Å². The molecule has 0 spiro atoms. The molecule has 0 unspecified atom stereocenters. The first-order chi connectivity index (χ1) is 19.0. The van der Waals surface area contributed by atoms with E-state index in [4.69, 9.17) is 4.74 Å². The molecular weight excluding hydrogens is 490 g/mol. The van der Waals surface area contributed by atoms with E-state index in [1.807, 2.05) is 72.4 Å². The van der Waals surface area contributed by atoms with Crippen LogP contribution < -0.4 is 4.74 Å². The maximum absolute atomic E-state index is 13.2. The zero-order valence-corrected chi connectivity index (χ0v) is 22.4. The van der Waals surface area contributed by atoms with Gasteiger partial charge in [0.05, 0.1) is 6.54 Å². The molecule has 0 saturated heterocycles. The van der Waals surface area contributed by atoms with Crippen molar-refractivity contribution in [2.24, 2.45) is 0 Å². The largest absolute Gasteiger partial charge is 0.491 e. The standard InChI is InChI=1S/C31H33N5O3/c1-23-33-12-14-35(23)13-10-30(37)36-16-15-34(2)31(38)26-6-3-5-24(19-26)20-28-21-25(27-7-4-11-32-22-27)8-9-29(28)39-18-17-36/h3-9,11-12,14,19,21-22H,10,13,15-18,20H2,1-2H3. The molecule has 4 aromatic rings. The minimum atomic E-state index is -0.0593. The summed E-state index contributed by atoms with van der Waals surface area (Å²) in [6.07, 6.45) is 8.18. The Hall–Kier alpha value is -4.46. The second-order valence-electron chi connectivity index (χ2n) is 9.82. The molecular formula is C31H33N5O3. The first-order valence-electron chi connectivity index (χ1n) is 13.2. The van der Waals surface area contributed by atoms with Crippen LogP contribution in [0.25, 0.3) is 11.1 Å². The van der Waals surface area contributed by atoms with E-state index in [0.717, 1.165) is 33.8 Å². The summed E-state index contributed by atoms with van der Waals surface area (Å²) in [4.78, 5) is 38.5. The maximum Gasteiger partial charge on any atom is 0.253 e. The van der Waals surface area contributed by atoms with Gasteiger partial charge in [-0.25, -0.2) is 4.98 Å². The molecule has 0 aliphatic carbocycles. The number of likely N-dealkylation sites (N-methyl/N-ethyl adjacent to an activating group) is 1. The zero-order valence-electron chi connectivity index (χ0n) is 22.4. The summed E-state index contributed by atoms with van der Waals surface area (Å²) in [5.74, 6) is 1.61. The molecule has 0 atom stereocenters. The van der Waals surface area contributed by atoms with Gasteiger partial charge in [-0.05, 0) is 53.9 Å². The fourth-order valence-electron chi connectivity index (χ4n) is 4.84. The molecule has 1 aliphatic rings. The highest BCUT2D eigenvalue weighted by Crippen LogP contribution is 2.29. The molecule has 2 aromatic heterocycles. The summed E-state index contributed by atoms with van der Waals surface area (Å²) in [6, 6.07) is 17.8. The van der Waals surface area contributed by atoms with E-state index in [1.165, 1.54) is 0 Å². The lowest BCUT2D eigenvalue weighted by molar-refractivity contribution is -0.132. The van der Waals surface area contributed by atoms with Crippen LogP contribution in [0, 0.1) is 6.92 Å². The van der Waals surface area contributed by atoms with Gasteiger partial charge in [-0.1, -0.05) is 24.3 Å². The summed E-state index contributed by atoms with van der Waals surface area (Å²) >= 11 is 0. The average molecular weight is 524 g/mol. The molecule has 8 nitrogen and oxygen atoms in total. The van der Waals surface area contributed by atoms with Crippen molar-refractivity contribution in [3.05, 3.63) is 102 Å². The van der Waals surface area contributed by atoms with Gasteiger partial charge in [0, 0.05) is 75.4 Å². The van der Waals surface area contributed by atoms with Crippen LogP contribution in [-0.2, 0) is 17.8 Å². The second-order valence-corrected chi connectivity index (χ2v) is 9.82. The van der Waals surface area contributed by atoms with Gasteiger partial charge in [-0.3, -0.25) is 14.6 Å². The lowest BCUT2D eigenvalue weighted by Crippen LogP contribution is -2.41. The number of imidazole rings is 1. The van der Waals surface area contributed by atoms with Crippen LogP contribution in [0.3, 0.4) is 0 Å². The third-order valence-corrected chi connectivity index (χ3v) is 7.14. The molecule has 2 amide bonds. The van der Waals surface area contributed by atoms with Gasteiger partial charge >= 0.3 is 0 Å². The van der Waals surface area contributed by atoms with Crippen molar-refractivity contribution >= 4 is 11.8 Å². The molecule has 0 saturated carbocycles. The summed E-state index contributed by atoms with van der Waals surface area (Å²) < 4.78 is 8.26. The molecule has 5 rings (SSSR count). The number of nitrogens with zero attached hydrogens (tertiary/aromatic N) is 5. The molecule has 200 valence electrons. The number of carbonyl (C=O) groups is 2. The molecule has 0 fully saturated rings. The number of hydrogen-bond donors (Lipinski definition) is 0. The number of fused-ring (bicyclic) bond motifs is 3. The summed E-state index contributed by atoms with van der Waals surface area (Å²) in [7, 11) is 1.78. The topological polar surface area (TPSA) is 80.6 Å². The Morgan fingerprint density at radius 1 is 0.974 bits per heavy atom. The Morgan fingerprint density at radius 3 is 2.64 bits per heavy atom. The Bertz CT molecular complexity index is 1450. The van der Waals surface area contributed by atoms with Gasteiger partial charge in [-0.15, -0.1) is 0 Å². The Morgan fingerprint density at radius 2 is 1.85 bits per heavy atom. The smallest absolute Gasteiger partial charge is 0.253 e. The first kappa shape index (κ1) is 26.2. The number of aromatic nitrogens is 3. The molecule has 8 heteroatoms. The van der Waals surface area contributed by atoms with Crippen LogP contribution in [0.1, 0.15) is 33.7 Å². The molecule has 0 radical (unpaired) electrons. The predicted octanol–water partition coefficient (Wildman–Crippen LogP) is 4.23. The number of carbonyl (C=O) groups excluding carboxylic acids is 2. The second kappa shape index (κ2) is 11.9. The Kier molecular flexibility index (Phi) is 8.01. The van der Waals surface area contributed by atoms with E-state index in [-0.39, 0.29) is 11.8 Å². The van der Waals surface area contributed by atoms with Crippen LogP contribution in [0.15, 0.2) is 79.4 Å². The van der Waals surface area contributed by atoms with E-state index in [0.29, 0.717) is 51.2 Å². The van der Waals surface area contributed by atoms with Gasteiger partial charge in [0.1, 0.15) is 18.2 Å². The highest BCUT2D eigenvalue weighted by molar-refractivity contribution is 5.94. The quantitative estimate of drug-likeness (QED) is 0.400. The highest BCUT2D eigenvalue weighted by Gasteiger charge is 2.19. The number of rotatable bonds is 4. The van der Waals surface area contributed by atoms with Crippen molar-refractivity contribution < 1.29 is 14.3 Å². The van der Waals surface area contributed by atoms with Crippen molar-refractivity contribution in [1.82, 2.24) is 24.3 Å². The first-order valence-corrected chi connectivity index (χ1v) is 13.2. The molecule has 0 N–H and O–H groups in total. The van der Waals surface area contributed by atoms with Gasteiger partial charge < -0.3 is 19.1 Å². The lowest BCUT2D eigenvalue weighted by Gasteiger charge is -2.27. The summed E-state index contributed by atoms with van der Waals surface area (Å²) in [5.41, 5.74) is 4.75. The minimum absolute atomic E-state index is 0.0220. The number of ether oxygens (including phenoxy) is 1. The van der Waals surface area contributed by atoms with E-state index in [9.17, 15) is 9.59 Å². The van der Waals surface area contributed by atoms with Gasteiger partial charge in [0.15, 0.2) is 0 Å². The van der Waals surface area contributed by atoms with Crippen LogP contribution >= 0.6 is 0 Å². The van der Waals surface area contributed by atoms with Crippen molar-refractivity contribution in [2.75, 3.05) is 33.3 Å². The van der Waals surface area contributed by atoms with E-state index in [2.05, 4.69) is 16.0 Å². The van der Waals surface area contributed by atoms with Gasteiger partial charge in [0.2, 0.25) is 5.91 Å². The number of aryl methyl sites for hydroxylation is 2. The predicted molar refractivity (Wildman–Crippen MR) is 150 cm³/mol. The summed E-state index contributed by atoms with van der Waals surface area (Å²) in [6.45, 7) is 4.13.